The van der Waals surface area contributed by atoms with Gasteiger partial charge in [0.15, 0.2) is 0 Å². The van der Waals surface area contributed by atoms with Crippen LogP contribution in [-0.2, 0) is 27.6 Å². The Balaban J connectivity index is 1.87. The van der Waals surface area contributed by atoms with Gasteiger partial charge >= 0.3 is 0 Å². The first-order valence-corrected chi connectivity index (χ1v) is 9.49. The summed E-state index contributed by atoms with van der Waals surface area (Å²) in [6, 6.07) is 5.45. The Morgan fingerprint density at radius 3 is 2.80 bits per heavy atom. The van der Waals surface area contributed by atoms with Gasteiger partial charge in [-0.05, 0) is 48.9 Å². The van der Waals surface area contributed by atoms with Crippen molar-refractivity contribution in [2.75, 3.05) is 25.1 Å². The molecular formula is C14H20BrNO3S. The van der Waals surface area contributed by atoms with Crippen LogP contribution in [0.15, 0.2) is 23.1 Å². The number of rotatable bonds is 8. The summed E-state index contributed by atoms with van der Waals surface area (Å²) in [5.41, 5.74) is 2.46. The molecule has 1 N–H and O–H groups in total. The van der Waals surface area contributed by atoms with E-state index in [1.165, 1.54) is 11.1 Å². The molecule has 1 aromatic carbocycles. The van der Waals surface area contributed by atoms with Gasteiger partial charge in [0.1, 0.15) is 0 Å². The molecule has 1 aliphatic rings. The van der Waals surface area contributed by atoms with Gasteiger partial charge in [-0.15, -0.1) is 0 Å². The van der Waals surface area contributed by atoms with Crippen molar-refractivity contribution in [2.45, 2.75) is 30.6 Å². The average Bonchev–Trinajstić information content (AvgIpc) is 2.90. The number of aryl methyl sites for hydroxylation is 2. The van der Waals surface area contributed by atoms with Gasteiger partial charge in [0.25, 0.3) is 0 Å². The normalized spacial score (nSPS) is 14.4. The molecule has 1 aromatic rings. The molecule has 0 spiro atoms. The number of alkyl halides is 1. The topological polar surface area (TPSA) is 55.4 Å². The highest BCUT2D eigenvalue weighted by molar-refractivity contribution is 9.09. The fourth-order valence-corrected chi connectivity index (χ4v) is 3.69. The van der Waals surface area contributed by atoms with Gasteiger partial charge in [-0.25, -0.2) is 13.1 Å². The smallest absolute Gasteiger partial charge is 0.240 e. The van der Waals surface area contributed by atoms with Crippen molar-refractivity contribution in [1.82, 2.24) is 4.72 Å². The molecule has 0 atom stereocenters. The van der Waals surface area contributed by atoms with E-state index in [0.717, 1.165) is 24.6 Å². The highest BCUT2D eigenvalue weighted by Gasteiger charge is 2.17. The molecule has 0 amide bonds. The quantitative estimate of drug-likeness (QED) is 0.570. The molecule has 0 fully saturated rings. The van der Waals surface area contributed by atoms with Crippen LogP contribution in [0.3, 0.4) is 0 Å². The maximum Gasteiger partial charge on any atom is 0.240 e. The standard InChI is InChI=1S/C14H20BrNO3S/c15-7-10-19-9-2-8-16-20(17,18)14-6-5-12-3-1-4-13(12)11-14/h5-6,11,16H,1-4,7-10H2. The fourth-order valence-electron chi connectivity index (χ4n) is 2.34. The van der Waals surface area contributed by atoms with E-state index in [1.54, 1.807) is 6.07 Å². The zero-order valence-electron chi connectivity index (χ0n) is 11.4. The number of hydrogen-bond acceptors (Lipinski definition) is 3. The van der Waals surface area contributed by atoms with Crippen molar-refractivity contribution in [3.8, 4) is 0 Å². The van der Waals surface area contributed by atoms with Crippen LogP contribution in [0.5, 0.6) is 0 Å². The second-order valence-electron chi connectivity index (χ2n) is 4.84. The third kappa shape index (κ3) is 4.28. The summed E-state index contributed by atoms with van der Waals surface area (Å²) in [5.74, 6) is 0. The lowest BCUT2D eigenvalue weighted by molar-refractivity contribution is 0.149. The minimum absolute atomic E-state index is 0.375. The minimum Gasteiger partial charge on any atom is -0.381 e. The first-order valence-electron chi connectivity index (χ1n) is 6.88. The van der Waals surface area contributed by atoms with Crippen LogP contribution in [-0.4, -0.2) is 33.5 Å². The molecule has 0 bridgehead atoms. The van der Waals surface area contributed by atoms with Crippen LogP contribution >= 0.6 is 15.9 Å². The largest absolute Gasteiger partial charge is 0.381 e. The zero-order valence-corrected chi connectivity index (χ0v) is 13.8. The van der Waals surface area contributed by atoms with E-state index in [-0.39, 0.29) is 0 Å². The fraction of sp³-hybridized carbons (Fsp3) is 0.571. The maximum absolute atomic E-state index is 12.2. The lowest BCUT2D eigenvalue weighted by Crippen LogP contribution is -2.25. The number of nitrogens with one attached hydrogen (secondary N) is 1. The Morgan fingerprint density at radius 2 is 2.00 bits per heavy atom. The summed E-state index contributed by atoms with van der Waals surface area (Å²) in [6.45, 7) is 1.62. The highest BCUT2D eigenvalue weighted by atomic mass is 79.9. The molecule has 0 radical (unpaired) electrons. The molecule has 0 unspecified atom stereocenters. The number of ether oxygens (including phenoxy) is 1. The SMILES string of the molecule is O=S(=O)(NCCCOCCBr)c1ccc2c(c1)CCC2. The predicted octanol–water partition coefficient (Wildman–Crippen LogP) is 2.26. The van der Waals surface area contributed by atoms with E-state index in [1.807, 2.05) is 12.1 Å². The van der Waals surface area contributed by atoms with E-state index < -0.39 is 10.0 Å². The Bertz CT molecular complexity index is 545. The lowest BCUT2D eigenvalue weighted by Gasteiger charge is -2.08. The second kappa shape index (κ2) is 7.54. The van der Waals surface area contributed by atoms with Crippen molar-refractivity contribution in [3.63, 3.8) is 0 Å². The Morgan fingerprint density at radius 1 is 1.20 bits per heavy atom. The summed E-state index contributed by atoms with van der Waals surface area (Å²) in [4.78, 5) is 0.375. The molecule has 4 nitrogen and oxygen atoms in total. The number of halogens is 1. The van der Waals surface area contributed by atoms with Crippen molar-refractivity contribution in [2.24, 2.45) is 0 Å². The minimum atomic E-state index is -3.39. The van der Waals surface area contributed by atoms with Crippen LogP contribution in [0.2, 0.25) is 0 Å². The lowest BCUT2D eigenvalue weighted by atomic mass is 10.1. The summed E-state index contributed by atoms with van der Waals surface area (Å²) in [5, 5.41) is 0.799. The van der Waals surface area contributed by atoms with E-state index in [2.05, 4.69) is 20.7 Å². The van der Waals surface area contributed by atoms with E-state index in [9.17, 15) is 8.42 Å². The molecular weight excluding hydrogens is 342 g/mol. The number of fused-ring (bicyclic) bond motifs is 1. The Kier molecular flexibility index (Phi) is 6.01. The molecule has 0 saturated carbocycles. The van der Waals surface area contributed by atoms with Gasteiger partial charge in [-0.1, -0.05) is 22.0 Å². The number of hydrogen-bond donors (Lipinski definition) is 1. The molecule has 2 rings (SSSR count). The molecule has 0 heterocycles. The van der Waals surface area contributed by atoms with E-state index >= 15 is 0 Å². The third-order valence-corrected chi connectivity index (χ3v) is 5.14. The van der Waals surface area contributed by atoms with Gasteiger partial charge in [-0.3, -0.25) is 0 Å². The van der Waals surface area contributed by atoms with Crippen LogP contribution < -0.4 is 4.72 Å². The van der Waals surface area contributed by atoms with Crippen LogP contribution in [0.4, 0.5) is 0 Å². The van der Waals surface area contributed by atoms with Crippen LogP contribution in [0, 0.1) is 0 Å². The molecule has 0 saturated heterocycles. The average molecular weight is 362 g/mol. The van der Waals surface area contributed by atoms with Gasteiger partial charge in [0.2, 0.25) is 10.0 Å². The number of sulfonamides is 1. The molecule has 0 aliphatic heterocycles. The summed E-state index contributed by atoms with van der Waals surface area (Å²) >= 11 is 3.27. The van der Waals surface area contributed by atoms with E-state index in [0.29, 0.717) is 31.1 Å². The maximum atomic E-state index is 12.2. The molecule has 0 aromatic heterocycles. The summed E-state index contributed by atoms with van der Waals surface area (Å²) < 4.78 is 32.2. The second-order valence-corrected chi connectivity index (χ2v) is 7.40. The first-order chi connectivity index (χ1) is 9.63. The van der Waals surface area contributed by atoms with Crippen molar-refractivity contribution in [3.05, 3.63) is 29.3 Å². The van der Waals surface area contributed by atoms with Gasteiger partial charge in [-0.2, -0.15) is 0 Å². The third-order valence-electron chi connectivity index (χ3n) is 3.36. The monoisotopic (exact) mass is 361 g/mol. The Hall–Kier alpha value is -0.430. The first kappa shape index (κ1) is 15.9. The van der Waals surface area contributed by atoms with Crippen LogP contribution in [0.25, 0.3) is 0 Å². The predicted molar refractivity (Wildman–Crippen MR) is 82.9 cm³/mol. The van der Waals surface area contributed by atoms with Crippen molar-refractivity contribution >= 4 is 26.0 Å². The highest BCUT2D eigenvalue weighted by Crippen LogP contribution is 2.24. The molecule has 112 valence electrons. The van der Waals surface area contributed by atoms with Gasteiger partial charge in [0, 0.05) is 18.5 Å². The summed E-state index contributed by atoms with van der Waals surface area (Å²) in [6.07, 6.45) is 3.85. The van der Waals surface area contributed by atoms with Crippen molar-refractivity contribution in [1.29, 1.82) is 0 Å². The Labute approximate surface area is 129 Å². The molecule has 20 heavy (non-hydrogen) atoms. The van der Waals surface area contributed by atoms with Crippen molar-refractivity contribution < 1.29 is 13.2 Å². The van der Waals surface area contributed by atoms with E-state index in [4.69, 9.17) is 4.74 Å². The zero-order chi connectivity index (χ0) is 14.4. The molecule has 1 aliphatic carbocycles. The van der Waals surface area contributed by atoms with Gasteiger partial charge in [0.05, 0.1) is 11.5 Å². The molecule has 6 heteroatoms. The summed E-state index contributed by atoms with van der Waals surface area (Å²) in [7, 11) is -3.39. The van der Waals surface area contributed by atoms with Crippen LogP contribution in [0.1, 0.15) is 24.0 Å². The van der Waals surface area contributed by atoms with Gasteiger partial charge < -0.3 is 4.74 Å². The number of benzene rings is 1.